The second-order valence-electron chi connectivity index (χ2n) is 4.39. The van der Waals surface area contributed by atoms with Gasteiger partial charge in [-0.15, -0.1) is 0 Å². The Kier molecular flexibility index (Phi) is 3.58. The first-order chi connectivity index (χ1) is 10.4. The van der Waals surface area contributed by atoms with Gasteiger partial charge in [-0.2, -0.15) is 18.3 Å². The number of rotatable bonds is 2. The Morgan fingerprint density at radius 1 is 1.05 bits per heavy atom. The van der Waals surface area contributed by atoms with Gasteiger partial charge in [-0.25, -0.2) is 14.6 Å². The molecule has 0 radical (unpaired) electrons. The quantitative estimate of drug-likeness (QED) is 0.715. The largest absolute Gasteiger partial charge is 0.433 e. The van der Waals surface area contributed by atoms with E-state index in [4.69, 9.17) is 11.6 Å². The van der Waals surface area contributed by atoms with E-state index in [1.165, 1.54) is 17.1 Å². The fraction of sp³-hybridized carbons (Fsp3) is 0.0714. The number of nitrogens with zero attached hydrogens (tertiary/aromatic N) is 4. The van der Waals surface area contributed by atoms with Crippen molar-refractivity contribution in [1.29, 1.82) is 0 Å². The maximum Gasteiger partial charge on any atom is 0.433 e. The van der Waals surface area contributed by atoms with Crippen molar-refractivity contribution in [1.82, 2.24) is 19.7 Å². The van der Waals surface area contributed by atoms with Crippen molar-refractivity contribution in [3.8, 4) is 17.2 Å². The first kappa shape index (κ1) is 14.5. The molecule has 3 rings (SSSR count). The van der Waals surface area contributed by atoms with Crippen LogP contribution in [-0.2, 0) is 6.18 Å². The first-order valence-electron chi connectivity index (χ1n) is 6.16. The third-order valence-corrected chi connectivity index (χ3v) is 3.11. The standard InChI is InChI=1S/C14H8ClF3N4/c15-10-4-2-9(3-5-10)11-8-12(14(16,17)18)21-13(20-11)22-7-1-6-19-22/h1-8H. The van der Waals surface area contributed by atoms with Crippen LogP contribution in [0.3, 0.4) is 0 Å². The summed E-state index contributed by atoms with van der Waals surface area (Å²) < 4.78 is 40.3. The van der Waals surface area contributed by atoms with Gasteiger partial charge in [0, 0.05) is 23.0 Å². The number of benzene rings is 1. The van der Waals surface area contributed by atoms with Crippen molar-refractivity contribution < 1.29 is 13.2 Å². The molecule has 3 aromatic rings. The van der Waals surface area contributed by atoms with Gasteiger partial charge in [0.25, 0.3) is 5.95 Å². The van der Waals surface area contributed by atoms with E-state index in [2.05, 4.69) is 15.1 Å². The van der Waals surface area contributed by atoms with E-state index >= 15 is 0 Å². The molecule has 0 bridgehead atoms. The Hall–Kier alpha value is -2.41. The predicted octanol–water partition coefficient (Wildman–Crippen LogP) is 4.00. The van der Waals surface area contributed by atoms with E-state index < -0.39 is 11.9 Å². The summed E-state index contributed by atoms with van der Waals surface area (Å²) in [5.74, 6) is -0.148. The molecule has 8 heteroatoms. The lowest BCUT2D eigenvalue weighted by atomic mass is 10.1. The SMILES string of the molecule is FC(F)(F)c1cc(-c2ccc(Cl)cc2)nc(-n2cccn2)n1. The minimum atomic E-state index is -4.58. The van der Waals surface area contributed by atoms with Gasteiger partial charge in [-0.1, -0.05) is 23.7 Å². The molecule has 112 valence electrons. The molecule has 0 saturated carbocycles. The molecule has 0 saturated heterocycles. The van der Waals surface area contributed by atoms with E-state index in [-0.39, 0.29) is 11.6 Å². The van der Waals surface area contributed by atoms with Gasteiger partial charge < -0.3 is 0 Å². The average Bonchev–Trinajstić information content (AvgIpc) is 3.01. The zero-order valence-electron chi connectivity index (χ0n) is 10.9. The lowest BCUT2D eigenvalue weighted by Crippen LogP contribution is -2.13. The Morgan fingerprint density at radius 3 is 2.36 bits per heavy atom. The molecule has 0 amide bonds. The molecule has 0 atom stereocenters. The third-order valence-electron chi connectivity index (χ3n) is 2.85. The smallest absolute Gasteiger partial charge is 0.211 e. The Labute approximate surface area is 128 Å². The van der Waals surface area contributed by atoms with Gasteiger partial charge in [-0.05, 0) is 24.3 Å². The lowest BCUT2D eigenvalue weighted by molar-refractivity contribution is -0.141. The number of hydrogen-bond acceptors (Lipinski definition) is 3. The number of hydrogen-bond donors (Lipinski definition) is 0. The fourth-order valence-corrected chi connectivity index (χ4v) is 1.96. The van der Waals surface area contributed by atoms with Crippen LogP contribution < -0.4 is 0 Å². The highest BCUT2D eigenvalue weighted by molar-refractivity contribution is 6.30. The molecular weight excluding hydrogens is 317 g/mol. The predicted molar refractivity (Wildman–Crippen MR) is 74.6 cm³/mol. The molecule has 2 heterocycles. The average molecular weight is 325 g/mol. The van der Waals surface area contributed by atoms with E-state index in [0.29, 0.717) is 10.6 Å². The molecule has 0 aliphatic carbocycles. The lowest BCUT2D eigenvalue weighted by Gasteiger charge is -2.10. The van der Waals surface area contributed by atoms with E-state index in [1.54, 1.807) is 30.3 Å². The number of alkyl halides is 3. The van der Waals surface area contributed by atoms with Gasteiger partial charge >= 0.3 is 6.18 Å². The van der Waals surface area contributed by atoms with Crippen LogP contribution in [0.1, 0.15) is 5.69 Å². The van der Waals surface area contributed by atoms with Crippen LogP contribution in [0, 0.1) is 0 Å². The van der Waals surface area contributed by atoms with Crippen molar-refractivity contribution in [3.63, 3.8) is 0 Å². The van der Waals surface area contributed by atoms with Crippen LogP contribution in [0.15, 0.2) is 48.8 Å². The summed E-state index contributed by atoms with van der Waals surface area (Å²) in [6.07, 6.45) is -1.67. The summed E-state index contributed by atoms with van der Waals surface area (Å²) in [6, 6.07) is 8.83. The molecule has 4 nitrogen and oxygen atoms in total. The summed E-state index contributed by atoms with van der Waals surface area (Å²) in [5.41, 5.74) is -0.381. The van der Waals surface area contributed by atoms with Crippen molar-refractivity contribution >= 4 is 11.6 Å². The second-order valence-corrected chi connectivity index (χ2v) is 4.83. The second kappa shape index (κ2) is 5.42. The summed E-state index contributed by atoms with van der Waals surface area (Å²) in [6.45, 7) is 0. The van der Waals surface area contributed by atoms with Crippen molar-refractivity contribution in [2.75, 3.05) is 0 Å². The Balaban J connectivity index is 2.17. The maximum absolute atomic E-state index is 13.0. The van der Waals surface area contributed by atoms with Crippen LogP contribution in [0.4, 0.5) is 13.2 Å². The number of aromatic nitrogens is 4. The first-order valence-corrected chi connectivity index (χ1v) is 6.53. The molecule has 0 aliphatic heterocycles. The molecular formula is C14H8ClF3N4. The molecule has 0 aliphatic rings. The number of halogens is 4. The van der Waals surface area contributed by atoms with Gasteiger partial charge in [0.05, 0.1) is 5.69 Å². The molecule has 0 N–H and O–H groups in total. The topological polar surface area (TPSA) is 43.6 Å². The monoisotopic (exact) mass is 324 g/mol. The van der Waals surface area contributed by atoms with Crippen molar-refractivity contribution in [3.05, 3.63) is 59.5 Å². The fourth-order valence-electron chi connectivity index (χ4n) is 1.84. The van der Waals surface area contributed by atoms with Crippen LogP contribution in [0.25, 0.3) is 17.2 Å². The van der Waals surface area contributed by atoms with E-state index in [9.17, 15) is 13.2 Å². The summed E-state index contributed by atoms with van der Waals surface area (Å²) in [5, 5.41) is 4.35. The molecule has 0 fully saturated rings. The maximum atomic E-state index is 13.0. The van der Waals surface area contributed by atoms with Crippen molar-refractivity contribution in [2.24, 2.45) is 0 Å². The Morgan fingerprint density at radius 2 is 1.77 bits per heavy atom. The third kappa shape index (κ3) is 2.94. The highest BCUT2D eigenvalue weighted by Gasteiger charge is 2.34. The van der Waals surface area contributed by atoms with Gasteiger partial charge in [-0.3, -0.25) is 0 Å². The molecule has 0 spiro atoms. The summed E-state index contributed by atoms with van der Waals surface area (Å²) in [4.78, 5) is 7.66. The van der Waals surface area contributed by atoms with E-state index in [1.807, 2.05) is 0 Å². The van der Waals surface area contributed by atoms with Gasteiger partial charge in [0.15, 0.2) is 5.69 Å². The summed E-state index contributed by atoms with van der Waals surface area (Å²) >= 11 is 5.79. The molecule has 2 aromatic heterocycles. The minimum Gasteiger partial charge on any atom is -0.211 e. The zero-order chi connectivity index (χ0) is 15.7. The van der Waals surface area contributed by atoms with E-state index in [0.717, 1.165) is 6.07 Å². The van der Waals surface area contributed by atoms with Crippen LogP contribution in [0.5, 0.6) is 0 Å². The van der Waals surface area contributed by atoms with Gasteiger partial charge in [0.2, 0.25) is 0 Å². The summed E-state index contributed by atoms with van der Waals surface area (Å²) in [7, 11) is 0. The zero-order valence-corrected chi connectivity index (χ0v) is 11.7. The Bertz CT molecular complexity index is 783. The minimum absolute atomic E-state index is 0.143. The van der Waals surface area contributed by atoms with Gasteiger partial charge in [0.1, 0.15) is 0 Å². The highest BCUT2D eigenvalue weighted by atomic mass is 35.5. The highest BCUT2D eigenvalue weighted by Crippen LogP contribution is 2.31. The molecule has 22 heavy (non-hydrogen) atoms. The van der Waals surface area contributed by atoms with Crippen LogP contribution in [0.2, 0.25) is 5.02 Å². The van der Waals surface area contributed by atoms with Crippen LogP contribution >= 0.6 is 11.6 Å². The molecule has 1 aromatic carbocycles. The van der Waals surface area contributed by atoms with Crippen molar-refractivity contribution in [2.45, 2.75) is 6.18 Å². The molecule has 0 unspecified atom stereocenters. The normalized spacial score (nSPS) is 11.6. The van der Waals surface area contributed by atoms with Crippen LogP contribution in [-0.4, -0.2) is 19.7 Å².